The van der Waals surface area contributed by atoms with Gasteiger partial charge in [-0.05, 0) is 0 Å². The summed E-state index contributed by atoms with van der Waals surface area (Å²) in [5, 5.41) is 9.34. The van der Waals surface area contributed by atoms with Crippen LogP contribution in [0.25, 0.3) is 0 Å². The summed E-state index contributed by atoms with van der Waals surface area (Å²) in [6.45, 7) is 3.92. The van der Waals surface area contributed by atoms with E-state index in [1.165, 1.54) is 20.8 Å². The summed E-state index contributed by atoms with van der Waals surface area (Å²) in [7, 11) is 0. The molecule has 3 saturated heterocycles. The van der Waals surface area contributed by atoms with Gasteiger partial charge in [-0.2, -0.15) is 0 Å². The number of ether oxygens (including phenoxy) is 4. The Morgan fingerprint density at radius 3 is 2.45 bits per heavy atom. The molecule has 3 fully saturated rings. The second-order valence-electron chi connectivity index (χ2n) is 6.97. The number of esters is 3. The Balaban J connectivity index is 1.86. The van der Waals surface area contributed by atoms with Crippen molar-refractivity contribution in [2.24, 2.45) is 5.73 Å². The molecule has 3 aliphatic heterocycles. The van der Waals surface area contributed by atoms with Crippen LogP contribution in [0.1, 0.15) is 20.8 Å². The van der Waals surface area contributed by atoms with Gasteiger partial charge in [0.1, 0.15) is 19.0 Å². The fraction of sp³-hybridized carbons (Fsp3) is 0.750. The van der Waals surface area contributed by atoms with Crippen LogP contribution in [-0.2, 0) is 33.3 Å². The quantitative estimate of drug-likeness (QED) is 0.205. The van der Waals surface area contributed by atoms with Crippen LogP contribution in [0.5, 0.6) is 0 Å². The van der Waals surface area contributed by atoms with Gasteiger partial charge in [0.2, 0.25) is 0 Å². The zero-order chi connectivity index (χ0) is 21.3. The number of rotatable bonds is 5. The van der Waals surface area contributed by atoms with E-state index in [2.05, 4.69) is 16.0 Å². The van der Waals surface area contributed by atoms with Crippen LogP contribution in [0, 0.1) is 0 Å². The first kappa shape index (κ1) is 21.8. The van der Waals surface area contributed by atoms with E-state index in [4.69, 9.17) is 36.9 Å². The molecule has 0 aromatic heterocycles. The van der Waals surface area contributed by atoms with E-state index in [-0.39, 0.29) is 18.8 Å². The average molecular weight is 431 g/mol. The Kier molecular flexibility index (Phi) is 6.65. The molecule has 0 radical (unpaired) electrons. The lowest BCUT2D eigenvalue weighted by Gasteiger charge is -2.39. The van der Waals surface area contributed by atoms with Crippen LogP contribution in [0.3, 0.4) is 0 Å². The second kappa shape index (κ2) is 8.85. The lowest BCUT2D eigenvalue weighted by Crippen LogP contribution is -2.70. The minimum absolute atomic E-state index is 0.163. The smallest absolute Gasteiger partial charge is 0.303 e. The summed E-state index contributed by atoms with van der Waals surface area (Å²) in [4.78, 5) is 37.0. The number of hydrogen-bond donors (Lipinski definition) is 4. The van der Waals surface area contributed by atoms with Gasteiger partial charge in [-0.15, -0.1) is 0 Å². The highest BCUT2D eigenvalue weighted by Crippen LogP contribution is 2.32. The zero-order valence-electron chi connectivity index (χ0n) is 16.2. The molecule has 0 amide bonds. The third-order valence-corrected chi connectivity index (χ3v) is 5.14. The van der Waals surface area contributed by atoms with Crippen molar-refractivity contribution in [3.8, 4) is 0 Å². The van der Waals surface area contributed by atoms with Gasteiger partial charge in [-0.25, -0.2) is 4.90 Å². The molecule has 5 N–H and O–H groups in total. The Morgan fingerprint density at radius 1 is 1.17 bits per heavy atom. The summed E-state index contributed by atoms with van der Waals surface area (Å²) >= 11 is 5.35. The van der Waals surface area contributed by atoms with Crippen molar-refractivity contribution >= 4 is 35.1 Å². The monoisotopic (exact) mass is 431 g/mol. The van der Waals surface area contributed by atoms with Gasteiger partial charge >= 0.3 is 17.9 Å². The number of nitrogens with zero attached hydrogens (tertiary/aromatic N) is 1. The van der Waals surface area contributed by atoms with Crippen LogP contribution >= 0.6 is 12.2 Å². The minimum atomic E-state index is -0.956. The van der Waals surface area contributed by atoms with Gasteiger partial charge in [0.25, 0.3) is 0 Å². The average Bonchev–Trinajstić information content (AvgIpc) is 3.15. The highest BCUT2D eigenvalue weighted by Gasteiger charge is 2.55. The Hall–Kier alpha value is -1.90. The van der Waals surface area contributed by atoms with Crippen molar-refractivity contribution < 1.29 is 33.3 Å². The van der Waals surface area contributed by atoms with E-state index in [1.54, 1.807) is 0 Å². The third kappa shape index (κ3) is 4.82. The molecule has 29 heavy (non-hydrogen) atoms. The number of fused-ring (bicyclic) bond motifs is 1. The van der Waals surface area contributed by atoms with E-state index in [1.807, 2.05) is 4.90 Å². The molecule has 0 aromatic rings. The summed E-state index contributed by atoms with van der Waals surface area (Å²) in [5.41, 5.74) is 5.94. The zero-order valence-corrected chi connectivity index (χ0v) is 17.1. The molecule has 0 saturated carbocycles. The maximum Gasteiger partial charge on any atom is 0.303 e. The fourth-order valence-electron chi connectivity index (χ4n) is 3.71. The molecule has 0 bridgehead atoms. The highest BCUT2D eigenvalue weighted by molar-refractivity contribution is 7.80. The normalized spacial score (nSPS) is 36.8. The predicted octanol–water partition coefficient (Wildman–Crippen LogP) is -2.54. The van der Waals surface area contributed by atoms with Crippen molar-refractivity contribution in [3.05, 3.63) is 0 Å². The standard InChI is InChI=1S/C16H25N5O7S/c1-6(22)25-4-9-11(26-7(2)23)12(27-8(3)24)15(28-9)21-5-18-10-13(21)19-16(17)20-14(10)29/h9-13,15-16,18-19H,4-5,17H2,1-3H3,(H,20,29)/t9-,10?,11-,12-,13?,15-,16?/m1/s1. The first-order chi connectivity index (χ1) is 13.7. The van der Waals surface area contributed by atoms with Gasteiger partial charge in [0.05, 0.1) is 23.9 Å². The molecule has 0 aromatic carbocycles. The predicted molar refractivity (Wildman–Crippen MR) is 101 cm³/mol. The van der Waals surface area contributed by atoms with Gasteiger partial charge in [0.15, 0.2) is 18.4 Å². The Morgan fingerprint density at radius 2 is 1.83 bits per heavy atom. The largest absolute Gasteiger partial charge is 0.463 e. The number of hydrogen-bond acceptors (Lipinski definition) is 12. The van der Waals surface area contributed by atoms with Crippen LogP contribution in [0.15, 0.2) is 0 Å². The van der Waals surface area contributed by atoms with Crippen molar-refractivity contribution in [1.29, 1.82) is 0 Å². The van der Waals surface area contributed by atoms with E-state index in [9.17, 15) is 14.4 Å². The van der Waals surface area contributed by atoms with Crippen LogP contribution in [-0.4, -0.2) is 84.1 Å². The van der Waals surface area contributed by atoms with Crippen molar-refractivity contribution in [1.82, 2.24) is 20.9 Å². The maximum atomic E-state index is 11.7. The molecule has 13 heteroatoms. The lowest BCUT2D eigenvalue weighted by molar-refractivity contribution is -0.169. The van der Waals surface area contributed by atoms with Crippen molar-refractivity contribution in [2.75, 3.05) is 13.3 Å². The van der Waals surface area contributed by atoms with Crippen molar-refractivity contribution in [3.63, 3.8) is 0 Å². The highest BCUT2D eigenvalue weighted by atomic mass is 32.1. The molecule has 0 aliphatic carbocycles. The van der Waals surface area contributed by atoms with Gasteiger partial charge in [0, 0.05) is 20.8 Å². The maximum absolute atomic E-state index is 11.7. The SMILES string of the molecule is CC(=O)OC[C@H]1O[C@@H](N2CNC3C(=S)NC(N)NC32)[C@H](OC(C)=O)[C@@H]1OC(C)=O. The molecule has 3 heterocycles. The number of nitrogens with one attached hydrogen (secondary N) is 3. The molecule has 7 atom stereocenters. The molecule has 3 unspecified atom stereocenters. The van der Waals surface area contributed by atoms with Gasteiger partial charge in [-0.1, -0.05) is 12.2 Å². The minimum Gasteiger partial charge on any atom is -0.463 e. The van der Waals surface area contributed by atoms with Crippen molar-refractivity contribution in [2.45, 2.75) is 63.8 Å². The van der Waals surface area contributed by atoms with E-state index < -0.39 is 48.7 Å². The molecule has 3 aliphatic rings. The lowest BCUT2D eigenvalue weighted by atomic mass is 10.1. The molecule has 0 spiro atoms. The molecular weight excluding hydrogens is 406 g/mol. The first-order valence-electron chi connectivity index (χ1n) is 9.11. The third-order valence-electron chi connectivity index (χ3n) is 4.76. The van der Waals surface area contributed by atoms with Gasteiger partial charge < -0.3 is 24.3 Å². The number of carbonyl (C=O) groups is 3. The molecule has 12 nitrogen and oxygen atoms in total. The number of carbonyl (C=O) groups excluding carboxylic acids is 3. The summed E-state index contributed by atoms with van der Waals surface area (Å²) in [5.74, 6) is -1.66. The van der Waals surface area contributed by atoms with Crippen LogP contribution in [0.2, 0.25) is 0 Å². The Bertz CT molecular complexity index is 695. The summed E-state index contributed by atoms with van der Waals surface area (Å²) in [6, 6.07) is -0.244. The van der Waals surface area contributed by atoms with E-state index in [0.29, 0.717) is 11.7 Å². The molecule has 162 valence electrons. The van der Waals surface area contributed by atoms with Crippen LogP contribution < -0.4 is 21.7 Å². The summed E-state index contributed by atoms with van der Waals surface area (Å²) < 4.78 is 21.9. The van der Waals surface area contributed by atoms with Gasteiger partial charge in [-0.3, -0.25) is 30.8 Å². The Labute approximate surface area is 172 Å². The van der Waals surface area contributed by atoms with E-state index in [0.717, 1.165) is 0 Å². The topological polar surface area (TPSA) is 153 Å². The molecular formula is C16H25N5O7S. The fourth-order valence-corrected chi connectivity index (χ4v) is 4.05. The first-order valence-corrected chi connectivity index (χ1v) is 9.52. The number of thiocarbonyl (C=S) groups is 1. The summed E-state index contributed by atoms with van der Waals surface area (Å²) in [6.07, 6.45) is -4.44. The van der Waals surface area contributed by atoms with Crippen LogP contribution in [0.4, 0.5) is 0 Å². The van der Waals surface area contributed by atoms with E-state index >= 15 is 0 Å². The second-order valence-corrected chi connectivity index (χ2v) is 7.41. The molecule has 3 rings (SSSR count). The number of nitrogens with two attached hydrogens (primary N) is 1.